The second kappa shape index (κ2) is 16.0. The van der Waals surface area contributed by atoms with E-state index >= 15 is 0 Å². The van der Waals surface area contributed by atoms with Gasteiger partial charge in [0.05, 0.1) is 6.10 Å². The molecule has 8 N–H and O–H groups in total. The number of nitrogens with zero attached hydrogens (tertiary/aromatic N) is 1. The molecule has 1 rings (SSSR count). The Hall–Kier alpha value is -0.905. The van der Waals surface area contributed by atoms with Gasteiger partial charge in [-0.2, -0.15) is 0 Å². The van der Waals surface area contributed by atoms with Crippen LogP contribution in [0.2, 0.25) is 6.32 Å². The Bertz CT molecular complexity index is 530. The van der Waals surface area contributed by atoms with Gasteiger partial charge in [-0.1, -0.05) is 43.2 Å². The molecule has 0 heterocycles. The molecule has 0 aromatic heterocycles. The highest BCUT2D eigenvalue weighted by Gasteiger charge is 2.33. The molecule has 8 nitrogen and oxygen atoms in total. The number of carbonyl (C=O) groups is 1. The zero-order chi connectivity index (χ0) is 18.9. The first-order chi connectivity index (χ1) is 11.7. The quantitative estimate of drug-likeness (QED) is 0.232. The van der Waals surface area contributed by atoms with Gasteiger partial charge in [-0.25, -0.2) is 0 Å². The van der Waals surface area contributed by atoms with E-state index in [0.29, 0.717) is 25.9 Å². The minimum absolute atomic E-state index is 0. The van der Waals surface area contributed by atoms with Crippen molar-refractivity contribution >= 4 is 37.9 Å². The van der Waals surface area contributed by atoms with Crippen molar-refractivity contribution in [3.8, 4) is 0 Å². The van der Waals surface area contributed by atoms with Crippen LogP contribution in [0.3, 0.4) is 0 Å². The summed E-state index contributed by atoms with van der Waals surface area (Å²) in [7, 11) is 0.443. The molecule has 0 aliphatic carbocycles. The molecule has 0 saturated heterocycles. The van der Waals surface area contributed by atoms with Crippen LogP contribution in [0.25, 0.3) is 0 Å². The number of hydrogen-bond acceptors (Lipinski definition) is 6. The number of nitrogens with two attached hydrogens (primary N) is 1. The fourth-order valence-corrected chi connectivity index (χ4v) is 2.66. The minimum atomic E-state index is -1.37. The second-order valence-corrected chi connectivity index (χ2v) is 6.63. The number of benzene rings is 1. The first-order valence-corrected chi connectivity index (χ1v) is 8.54. The summed E-state index contributed by atoms with van der Waals surface area (Å²) in [5.74, 6) is -1.06. The Morgan fingerprint density at radius 1 is 1.18 bits per heavy atom. The molecule has 28 heavy (non-hydrogen) atoms. The van der Waals surface area contributed by atoms with Crippen molar-refractivity contribution < 1.29 is 30.5 Å². The Morgan fingerprint density at radius 3 is 2.25 bits per heavy atom. The van der Waals surface area contributed by atoms with Crippen LogP contribution in [0.1, 0.15) is 37.4 Å². The van der Waals surface area contributed by atoms with Crippen LogP contribution < -0.4 is 5.73 Å². The van der Waals surface area contributed by atoms with E-state index < -0.39 is 24.7 Å². The van der Waals surface area contributed by atoms with Gasteiger partial charge in [0, 0.05) is 13.1 Å². The SMILES string of the molecule is CN(CCC(N)(CCCCB(O)O)C(=O)O)CC(O)c1ccccc1.Cl.Cl.O. The smallest absolute Gasteiger partial charge is 0.451 e. The zero-order valence-electron chi connectivity index (χ0n) is 16.0. The number of aliphatic hydroxyl groups is 1. The molecule has 11 heteroatoms. The van der Waals surface area contributed by atoms with E-state index in [1.54, 1.807) is 0 Å². The molecule has 0 spiro atoms. The Labute approximate surface area is 179 Å². The van der Waals surface area contributed by atoms with Gasteiger partial charge in [0.2, 0.25) is 0 Å². The van der Waals surface area contributed by atoms with E-state index in [4.69, 9.17) is 15.8 Å². The Balaban J connectivity index is -0.00000208. The van der Waals surface area contributed by atoms with Crippen molar-refractivity contribution in [1.82, 2.24) is 4.90 Å². The lowest BCUT2D eigenvalue weighted by atomic mass is 9.81. The summed E-state index contributed by atoms with van der Waals surface area (Å²) in [6, 6.07) is 9.29. The van der Waals surface area contributed by atoms with Gasteiger partial charge in [-0.3, -0.25) is 4.79 Å². The predicted octanol–water partition coefficient (Wildman–Crippen LogP) is 0.486. The molecule has 0 fully saturated rings. The van der Waals surface area contributed by atoms with Crippen LogP contribution in [0.4, 0.5) is 0 Å². The predicted molar refractivity (Wildman–Crippen MR) is 115 cm³/mol. The fraction of sp³-hybridized carbons (Fsp3) is 0.588. The monoisotopic (exact) mass is 442 g/mol. The highest BCUT2D eigenvalue weighted by atomic mass is 35.5. The maximum absolute atomic E-state index is 11.5. The van der Waals surface area contributed by atoms with Crippen molar-refractivity contribution in [2.75, 3.05) is 20.1 Å². The minimum Gasteiger partial charge on any atom is -0.480 e. The highest BCUT2D eigenvalue weighted by molar-refractivity contribution is 6.40. The molecule has 2 unspecified atom stereocenters. The number of rotatable bonds is 12. The van der Waals surface area contributed by atoms with E-state index in [-0.39, 0.29) is 49.5 Å². The maximum Gasteiger partial charge on any atom is 0.451 e. The molecule has 0 bridgehead atoms. The third-order valence-electron chi connectivity index (χ3n) is 4.37. The second-order valence-electron chi connectivity index (χ2n) is 6.63. The Kier molecular flexibility index (Phi) is 18.1. The first-order valence-electron chi connectivity index (χ1n) is 8.54. The molecular formula is C17H33BCl2N2O6. The standard InChI is InChI=1S/C17H29BN2O5.2ClH.H2O/c1-20(13-15(21)14-7-3-2-4-8-14)12-10-17(19,16(22)23)9-5-6-11-18(24)25;;;/h2-4,7-8,15,21,24-25H,5-6,9-13,19H2,1H3,(H,22,23);2*1H;1H2. The number of likely N-dealkylation sites (N-methyl/N-ethyl adjacent to an activating group) is 1. The average molecular weight is 443 g/mol. The van der Waals surface area contributed by atoms with E-state index in [2.05, 4.69) is 0 Å². The van der Waals surface area contributed by atoms with Gasteiger partial charge in [0.1, 0.15) is 5.54 Å². The van der Waals surface area contributed by atoms with Crippen LogP contribution in [0.15, 0.2) is 30.3 Å². The number of carboxylic acid groups (broad SMARTS) is 1. The summed E-state index contributed by atoms with van der Waals surface area (Å²) in [6.07, 6.45) is 1.10. The average Bonchev–Trinajstić information content (AvgIpc) is 2.57. The van der Waals surface area contributed by atoms with Gasteiger partial charge in [-0.15, -0.1) is 24.8 Å². The van der Waals surface area contributed by atoms with Gasteiger partial charge in [-0.05, 0) is 31.8 Å². The number of aliphatic carboxylic acids is 1. The molecule has 164 valence electrons. The van der Waals surface area contributed by atoms with Crippen LogP contribution in [0, 0.1) is 0 Å². The topological polar surface area (TPSA) is 159 Å². The van der Waals surface area contributed by atoms with E-state index in [1.165, 1.54) is 0 Å². The van der Waals surface area contributed by atoms with Gasteiger partial charge >= 0.3 is 13.1 Å². The summed E-state index contributed by atoms with van der Waals surface area (Å²) in [4.78, 5) is 13.4. The third kappa shape index (κ3) is 11.8. The molecule has 0 radical (unpaired) electrons. The van der Waals surface area contributed by atoms with Gasteiger partial charge < -0.3 is 36.4 Å². The molecule has 1 aromatic carbocycles. The largest absolute Gasteiger partial charge is 0.480 e. The van der Waals surface area contributed by atoms with E-state index in [0.717, 1.165) is 5.56 Å². The molecule has 1 aromatic rings. The number of unbranched alkanes of at least 4 members (excludes halogenated alkanes) is 1. The normalized spacial score (nSPS) is 13.4. The summed E-state index contributed by atoms with van der Waals surface area (Å²) in [5.41, 5.74) is 5.49. The van der Waals surface area contributed by atoms with Crippen LogP contribution in [0.5, 0.6) is 0 Å². The van der Waals surface area contributed by atoms with Crippen molar-refractivity contribution in [1.29, 1.82) is 0 Å². The lowest BCUT2D eigenvalue weighted by molar-refractivity contribution is -0.144. The number of halogens is 2. The summed E-state index contributed by atoms with van der Waals surface area (Å²) < 4.78 is 0. The summed E-state index contributed by atoms with van der Waals surface area (Å²) >= 11 is 0. The van der Waals surface area contributed by atoms with Crippen molar-refractivity contribution in [3.05, 3.63) is 35.9 Å². The van der Waals surface area contributed by atoms with Crippen molar-refractivity contribution in [2.45, 2.75) is 43.6 Å². The fourth-order valence-electron chi connectivity index (χ4n) is 2.66. The van der Waals surface area contributed by atoms with Gasteiger partial charge in [0.15, 0.2) is 0 Å². The molecule has 0 saturated carbocycles. The lowest BCUT2D eigenvalue weighted by Crippen LogP contribution is -2.50. The lowest BCUT2D eigenvalue weighted by Gasteiger charge is -2.28. The molecule has 0 aliphatic rings. The number of hydrogen-bond donors (Lipinski definition) is 5. The van der Waals surface area contributed by atoms with E-state index in [1.807, 2.05) is 42.3 Å². The molecule has 0 aliphatic heterocycles. The summed E-state index contributed by atoms with van der Waals surface area (Å²) in [6.45, 7) is 0.825. The highest BCUT2D eigenvalue weighted by Crippen LogP contribution is 2.19. The van der Waals surface area contributed by atoms with Crippen LogP contribution >= 0.6 is 24.8 Å². The maximum atomic E-state index is 11.5. The van der Waals surface area contributed by atoms with Crippen molar-refractivity contribution in [3.63, 3.8) is 0 Å². The molecule has 0 amide bonds. The Morgan fingerprint density at radius 2 is 1.75 bits per heavy atom. The van der Waals surface area contributed by atoms with E-state index in [9.17, 15) is 15.0 Å². The first kappa shape index (κ1) is 31.8. The van der Waals surface area contributed by atoms with Crippen LogP contribution in [-0.2, 0) is 4.79 Å². The zero-order valence-corrected chi connectivity index (χ0v) is 17.7. The molecular weight excluding hydrogens is 410 g/mol. The summed E-state index contributed by atoms with van der Waals surface area (Å²) in [5, 5.41) is 37.3. The van der Waals surface area contributed by atoms with Crippen molar-refractivity contribution in [2.24, 2.45) is 5.73 Å². The van der Waals surface area contributed by atoms with Crippen LogP contribution in [-0.4, -0.2) is 69.4 Å². The third-order valence-corrected chi connectivity index (χ3v) is 4.37. The number of aliphatic hydroxyl groups excluding tert-OH is 1. The number of carboxylic acids is 1. The molecule has 2 atom stereocenters. The van der Waals surface area contributed by atoms with Gasteiger partial charge in [0.25, 0.3) is 0 Å².